The summed E-state index contributed by atoms with van der Waals surface area (Å²) in [5.41, 5.74) is 0.498. The third-order valence-electron chi connectivity index (χ3n) is 2.92. The fraction of sp³-hybridized carbons (Fsp3) is 0.467. The van der Waals surface area contributed by atoms with Gasteiger partial charge in [-0.1, -0.05) is 11.8 Å². The molecule has 0 aromatic heterocycles. The predicted molar refractivity (Wildman–Crippen MR) is 85.0 cm³/mol. The van der Waals surface area contributed by atoms with Crippen molar-refractivity contribution in [3.8, 4) is 11.8 Å². The first-order valence-corrected chi connectivity index (χ1v) is 10.7. The summed E-state index contributed by atoms with van der Waals surface area (Å²) in [6.07, 6.45) is -4.74. The van der Waals surface area contributed by atoms with Crippen LogP contribution in [0.15, 0.2) is 29.2 Å². The average Bonchev–Trinajstić information content (AvgIpc) is 2.41. The predicted octanol–water partition coefficient (Wildman–Crippen LogP) is 2.59. The zero-order valence-corrected chi connectivity index (χ0v) is 14.6. The maximum absolute atomic E-state index is 12.1. The smallest absolute Gasteiger partial charge is 0.229 e. The van der Waals surface area contributed by atoms with Gasteiger partial charge in [0, 0.05) is 24.7 Å². The summed E-state index contributed by atoms with van der Waals surface area (Å²) in [6.45, 7) is 0. The number of benzene rings is 1. The van der Waals surface area contributed by atoms with Gasteiger partial charge in [0.2, 0.25) is 0 Å². The molecule has 0 saturated heterocycles. The molecule has 0 aliphatic carbocycles. The van der Waals surface area contributed by atoms with Gasteiger partial charge in [0.05, 0.1) is 16.4 Å². The van der Waals surface area contributed by atoms with E-state index < -0.39 is 44.4 Å². The first-order chi connectivity index (χ1) is 10.9. The zero-order chi connectivity index (χ0) is 18.4. The molecule has 134 valence electrons. The van der Waals surface area contributed by atoms with E-state index in [1.807, 2.05) is 0 Å². The van der Waals surface area contributed by atoms with Crippen LogP contribution in [-0.4, -0.2) is 40.8 Å². The van der Waals surface area contributed by atoms with Crippen LogP contribution in [0, 0.1) is 11.8 Å². The Morgan fingerprint density at radius 1 is 1.00 bits per heavy atom. The minimum absolute atomic E-state index is 0.0636. The van der Waals surface area contributed by atoms with E-state index in [0.717, 1.165) is 6.26 Å². The van der Waals surface area contributed by atoms with Gasteiger partial charge < -0.3 is 0 Å². The van der Waals surface area contributed by atoms with Crippen LogP contribution < -0.4 is 0 Å². The van der Waals surface area contributed by atoms with Crippen molar-refractivity contribution in [3.05, 3.63) is 29.8 Å². The van der Waals surface area contributed by atoms with Gasteiger partial charge in [0.1, 0.15) is 9.84 Å². The number of halogens is 3. The standard InChI is InChI=1S/C15H17F3O4S2/c1-23(19,20)11-3-2-5-13-6-8-14(9-7-13)24(21,22)12-4-10-15(16,17)18/h6-9H,3-4,10-12H2,1H3. The van der Waals surface area contributed by atoms with E-state index in [0.29, 0.717) is 5.56 Å². The molecule has 0 N–H and O–H groups in total. The summed E-state index contributed by atoms with van der Waals surface area (Å²) in [7, 11) is -6.86. The fourth-order valence-corrected chi connectivity index (χ4v) is 3.51. The number of hydrogen-bond acceptors (Lipinski definition) is 4. The Labute approximate surface area is 139 Å². The van der Waals surface area contributed by atoms with E-state index >= 15 is 0 Å². The first-order valence-electron chi connectivity index (χ1n) is 6.95. The lowest BCUT2D eigenvalue weighted by Gasteiger charge is -2.07. The maximum atomic E-state index is 12.1. The first kappa shape index (κ1) is 20.5. The highest BCUT2D eigenvalue weighted by molar-refractivity contribution is 7.91. The van der Waals surface area contributed by atoms with E-state index in [1.54, 1.807) is 0 Å². The highest BCUT2D eigenvalue weighted by Crippen LogP contribution is 2.23. The SMILES string of the molecule is CS(=O)(=O)CCC#Cc1ccc(S(=O)(=O)CCCC(F)(F)F)cc1. The molecule has 0 aliphatic heterocycles. The third kappa shape index (κ3) is 8.36. The summed E-state index contributed by atoms with van der Waals surface area (Å²) in [4.78, 5) is -0.0636. The van der Waals surface area contributed by atoms with Crippen molar-refractivity contribution >= 4 is 19.7 Å². The Morgan fingerprint density at radius 3 is 2.08 bits per heavy atom. The Balaban J connectivity index is 2.68. The molecule has 0 bridgehead atoms. The highest BCUT2D eigenvalue weighted by atomic mass is 32.2. The molecule has 0 radical (unpaired) electrons. The lowest BCUT2D eigenvalue weighted by Crippen LogP contribution is -2.12. The van der Waals surface area contributed by atoms with Crippen LogP contribution >= 0.6 is 0 Å². The highest BCUT2D eigenvalue weighted by Gasteiger charge is 2.27. The van der Waals surface area contributed by atoms with Crippen LogP contribution in [0.4, 0.5) is 13.2 Å². The van der Waals surface area contributed by atoms with Gasteiger partial charge in [-0.25, -0.2) is 16.8 Å². The normalized spacial score (nSPS) is 12.5. The van der Waals surface area contributed by atoms with Gasteiger partial charge in [-0.05, 0) is 30.7 Å². The maximum Gasteiger partial charge on any atom is 0.389 e. The molecule has 9 heteroatoms. The van der Waals surface area contributed by atoms with Crippen molar-refractivity contribution in [3.63, 3.8) is 0 Å². The molecule has 0 aliphatic rings. The minimum Gasteiger partial charge on any atom is -0.229 e. The summed E-state index contributed by atoms with van der Waals surface area (Å²) in [6, 6.07) is 5.43. The van der Waals surface area contributed by atoms with Crippen LogP contribution in [0.3, 0.4) is 0 Å². The summed E-state index contributed by atoms with van der Waals surface area (Å²) in [5.74, 6) is 4.72. The molecule has 4 nitrogen and oxygen atoms in total. The van der Waals surface area contributed by atoms with E-state index in [2.05, 4.69) is 11.8 Å². The zero-order valence-electron chi connectivity index (χ0n) is 12.9. The molecule has 1 rings (SSSR count). The third-order valence-corrected chi connectivity index (χ3v) is 5.68. The number of hydrogen-bond donors (Lipinski definition) is 0. The number of alkyl halides is 3. The number of sulfone groups is 2. The van der Waals surface area contributed by atoms with Crippen LogP contribution in [0.1, 0.15) is 24.8 Å². The van der Waals surface area contributed by atoms with E-state index in [-0.39, 0.29) is 17.1 Å². The summed E-state index contributed by atoms with van der Waals surface area (Å²) < 4.78 is 81.9. The second-order valence-electron chi connectivity index (χ2n) is 5.24. The van der Waals surface area contributed by atoms with Crippen LogP contribution in [0.5, 0.6) is 0 Å². The van der Waals surface area contributed by atoms with Gasteiger partial charge in [0.25, 0.3) is 0 Å². The molecule has 0 unspecified atom stereocenters. The fourth-order valence-electron chi connectivity index (χ4n) is 1.73. The summed E-state index contributed by atoms with van der Waals surface area (Å²) in [5, 5.41) is 0. The van der Waals surface area contributed by atoms with Gasteiger partial charge in [-0.3, -0.25) is 0 Å². The van der Waals surface area contributed by atoms with E-state index in [1.165, 1.54) is 24.3 Å². The largest absolute Gasteiger partial charge is 0.389 e. The lowest BCUT2D eigenvalue weighted by atomic mass is 10.2. The van der Waals surface area contributed by atoms with Crippen molar-refractivity contribution in [2.24, 2.45) is 0 Å². The van der Waals surface area contributed by atoms with Crippen molar-refractivity contribution in [1.82, 2.24) is 0 Å². The molecule has 1 aromatic carbocycles. The molecule has 0 atom stereocenters. The van der Waals surface area contributed by atoms with Gasteiger partial charge in [-0.15, -0.1) is 0 Å². The van der Waals surface area contributed by atoms with Crippen LogP contribution in [0.25, 0.3) is 0 Å². The van der Waals surface area contributed by atoms with Crippen molar-refractivity contribution in [2.75, 3.05) is 17.8 Å². The minimum atomic E-state index is -4.37. The summed E-state index contributed by atoms with van der Waals surface area (Å²) >= 11 is 0. The molecule has 1 aromatic rings. The molecule has 0 saturated carbocycles. The monoisotopic (exact) mass is 382 g/mol. The average molecular weight is 382 g/mol. The molecule has 0 fully saturated rings. The van der Waals surface area contributed by atoms with Crippen LogP contribution in [-0.2, 0) is 19.7 Å². The lowest BCUT2D eigenvalue weighted by molar-refractivity contribution is -0.134. The van der Waals surface area contributed by atoms with E-state index in [9.17, 15) is 30.0 Å². The second-order valence-corrected chi connectivity index (χ2v) is 9.61. The van der Waals surface area contributed by atoms with Crippen LogP contribution in [0.2, 0.25) is 0 Å². The Hall–Kier alpha value is -1.53. The van der Waals surface area contributed by atoms with Crippen molar-refractivity contribution < 1.29 is 30.0 Å². The topological polar surface area (TPSA) is 68.3 Å². The number of rotatable bonds is 6. The Bertz CT molecular complexity index is 812. The molecule has 24 heavy (non-hydrogen) atoms. The van der Waals surface area contributed by atoms with Gasteiger partial charge >= 0.3 is 6.18 Å². The van der Waals surface area contributed by atoms with Gasteiger partial charge in [-0.2, -0.15) is 13.2 Å². The molecule has 0 heterocycles. The van der Waals surface area contributed by atoms with E-state index in [4.69, 9.17) is 0 Å². The van der Waals surface area contributed by atoms with Crippen molar-refractivity contribution in [1.29, 1.82) is 0 Å². The molecule has 0 spiro atoms. The molecular weight excluding hydrogens is 365 g/mol. The Morgan fingerprint density at radius 2 is 1.58 bits per heavy atom. The van der Waals surface area contributed by atoms with Gasteiger partial charge in [0.15, 0.2) is 9.84 Å². The molecule has 0 amide bonds. The van der Waals surface area contributed by atoms with Crippen molar-refractivity contribution in [2.45, 2.75) is 30.3 Å². The Kier molecular flexibility index (Phi) is 6.86. The second kappa shape index (κ2) is 8.03. The quantitative estimate of drug-likeness (QED) is 0.709. The molecular formula is C15H17F3O4S2.